The van der Waals surface area contributed by atoms with E-state index in [-0.39, 0.29) is 17.9 Å². The zero-order valence-corrected chi connectivity index (χ0v) is 22.9. The summed E-state index contributed by atoms with van der Waals surface area (Å²) >= 11 is 1.31. The number of amides is 2. The molecule has 0 bridgehead atoms. The van der Waals surface area contributed by atoms with Crippen LogP contribution in [-0.4, -0.2) is 86.1 Å². The molecular formula is C29H32N6O4S. The van der Waals surface area contributed by atoms with Gasteiger partial charge in [0.2, 0.25) is 0 Å². The van der Waals surface area contributed by atoms with Gasteiger partial charge in [-0.25, -0.2) is 0 Å². The van der Waals surface area contributed by atoms with Gasteiger partial charge in [0.05, 0.1) is 47.6 Å². The Bertz CT molecular complexity index is 1440. The summed E-state index contributed by atoms with van der Waals surface area (Å²) in [6.45, 7) is 6.87. The van der Waals surface area contributed by atoms with Crippen molar-refractivity contribution in [2.45, 2.75) is 6.04 Å². The van der Waals surface area contributed by atoms with Crippen molar-refractivity contribution in [3.05, 3.63) is 76.7 Å². The zero-order chi connectivity index (χ0) is 27.3. The van der Waals surface area contributed by atoms with Crippen molar-refractivity contribution in [2.75, 3.05) is 69.4 Å². The fourth-order valence-electron chi connectivity index (χ4n) is 5.03. The van der Waals surface area contributed by atoms with Crippen LogP contribution < -0.4 is 15.5 Å². The van der Waals surface area contributed by atoms with Gasteiger partial charge in [-0.15, -0.1) is 11.3 Å². The second-order valence-electron chi connectivity index (χ2n) is 9.88. The van der Waals surface area contributed by atoms with E-state index in [1.165, 1.54) is 11.3 Å². The number of aromatic amines is 1. The van der Waals surface area contributed by atoms with Gasteiger partial charge in [-0.05, 0) is 35.9 Å². The van der Waals surface area contributed by atoms with Crippen molar-refractivity contribution >= 4 is 44.9 Å². The molecule has 10 nitrogen and oxygen atoms in total. The van der Waals surface area contributed by atoms with Crippen LogP contribution in [0.5, 0.6) is 0 Å². The second kappa shape index (κ2) is 12.2. The minimum atomic E-state index is -0.254. The van der Waals surface area contributed by atoms with E-state index in [0.717, 1.165) is 42.1 Å². The lowest BCUT2D eigenvalue weighted by Crippen LogP contribution is -2.43. The molecule has 6 rings (SSSR count). The van der Waals surface area contributed by atoms with E-state index in [9.17, 15) is 9.59 Å². The molecule has 0 aliphatic carbocycles. The lowest BCUT2D eigenvalue weighted by Gasteiger charge is -2.31. The molecule has 2 saturated heterocycles. The molecule has 2 aliphatic rings. The number of hydrogen-bond donors (Lipinski definition) is 3. The van der Waals surface area contributed by atoms with Crippen molar-refractivity contribution < 1.29 is 19.1 Å². The Morgan fingerprint density at radius 2 is 1.62 bits per heavy atom. The number of rotatable bonds is 8. The summed E-state index contributed by atoms with van der Waals surface area (Å²) in [7, 11) is 0. The Morgan fingerprint density at radius 1 is 0.925 bits per heavy atom. The van der Waals surface area contributed by atoms with Gasteiger partial charge in [0.1, 0.15) is 0 Å². The maximum absolute atomic E-state index is 13.4. The predicted molar refractivity (Wildman–Crippen MR) is 155 cm³/mol. The average Bonchev–Trinajstić information content (AvgIpc) is 3.60. The van der Waals surface area contributed by atoms with E-state index in [4.69, 9.17) is 9.47 Å². The van der Waals surface area contributed by atoms with Gasteiger partial charge in [0.25, 0.3) is 11.8 Å². The van der Waals surface area contributed by atoms with Gasteiger partial charge in [0.15, 0.2) is 5.82 Å². The third-order valence-electron chi connectivity index (χ3n) is 7.25. The number of hydrogen-bond acceptors (Lipinski definition) is 8. The molecule has 2 fully saturated rings. The number of ether oxygens (including phenoxy) is 2. The van der Waals surface area contributed by atoms with Crippen LogP contribution in [0.15, 0.2) is 60.7 Å². The Kier molecular flexibility index (Phi) is 8.05. The highest BCUT2D eigenvalue weighted by atomic mass is 32.1. The maximum Gasteiger partial charge on any atom is 0.261 e. The van der Waals surface area contributed by atoms with Crippen LogP contribution in [0, 0.1) is 0 Å². The summed E-state index contributed by atoms with van der Waals surface area (Å²) in [6.07, 6.45) is 0. The smallest absolute Gasteiger partial charge is 0.261 e. The van der Waals surface area contributed by atoms with Gasteiger partial charge < -0.3 is 25.0 Å². The summed E-state index contributed by atoms with van der Waals surface area (Å²) < 4.78 is 11.6. The molecule has 40 heavy (non-hydrogen) atoms. The molecule has 1 atom stereocenters. The highest BCUT2D eigenvalue weighted by Crippen LogP contribution is 2.31. The molecule has 2 aliphatic heterocycles. The molecule has 208 valence electrons. The Balaban J connectivity index is 1.14. The molecule has 3 N–H and O–H groups in total. The van der Waals surface area contributed by atoms with Crippen LogP contribution in [0.1, 0.15) is 31.6 Å². The summed E-state index contributed by atoms with van der Waals surface area (Å²) in [5, 5.41) is 13.3. The number of aromatic nitrogens is 2. The van der Waals surface area contributed by atoms with Crippen LogP contribution in [-0.2, 0) is 9.47 Å². The van der Waals surface area contributed by atoms with Crippen LogP contribution in [0.3, 0.4) is 0 Å². The van der Waals surface area contributed by atoms with E-state index in [2.05, 4.69) is 30.6 Å². The van der Waals surface area contributed by atoms with Gasteiger partial charge in [-0.1, -0.05) is 30.3 Å². The third kappa shape index (κ3) is 6.02. The van der Waals surface area contributed by atoms with E-state index in [1.807, 2.05) is 54.6 Å². The molecule has 2 amide bonds. The quantitative estimate of drug-likeness (QED) is 0.302. The van der Waals surface area contributed by atoms with Crippen molar-refractivity contribution in [1.82, 2.24) is 20.4 Å². The minimum absolute atomic E-state index is 0.160. The number of H-pyrrole nitrogens is 1. The van der Waals surface area contributed by atoms with Crippen LogP contribution in [0.25, 0.3) is 10.2 Å². The first-order valence-corrected chi connectivity index (χ1v) is 14.3. The molecule has 0 spiro atoms. The topological polar surface area (TPSA) is 112 Å². The van der Waals surface area contributed by atoms with Crippen LogP contribution >= 0.6 is 11.3 Å². The van der Waals surface area contributed by atoms with E-state index >= 15 is 0 Å². The van der Waals surface area contributed by atoms with Gasteiger partial charge in [-0.3, -0.25) is 19.6 Å². The fourth-order valence-corrected chi connectivity index (χ4v) is 5.99. The highest BCUT2D eigenvalue weighted by Gasteiger charge is 2.23. The number of thiophene rings is 1. The molecule has 4 aromatic rings. The minimum Gasteiger partial charge on any atom is -0.379 e. The Labute approximate surface area is 236 Å². The van der Waals surface area contributed by atoms with Crippen molar-refractivity contribution in [3.63, 3.8) is 0 Å². The number of nitrogens with zero attached hydrogens (tertiary/aromatic N) is 3. The molecule has 0 radical (unpaired) electrons. The van der Waals surface area contributed by atoms with Crippen molar-refractivity contribution in [2.24, 2.45) is 0 Å². The molecule has 2 aromatic carbocycles. The Morgan fingerprint density at radius 3 is 2.35 bits per heavy atom. The number of fused-ring (bicyclic) bond motifs is 1. The largest absolute Gasteiger partial charge is 0.379 e. The number of carbonyl (C=O) groups is 2. The van der Waals surface area contributed by atoms with Crippen molar-refractivity contribution in [3.8, 4) is 0 Å². The SMILES string of the molecule is O=C(Nc1n[nH]c2cc(C(=O)N[C@H](CN3CCOCC3)c3ccccc3)sc12)c1ccc(N2CCOCC2)cc1. The average molecular weight is 561 g/mol. The van der Waals surface area contributed by atoms with E-state index in [0.29, 0.717) is 54.7 Å². The molecule has 0 unspecified atom stereocenters. The standard InChI is InChI=1S/C29H32N6O4S/c36-28(21-6-8-22(9-7-21)35-12-16-39-17-13-35)31-27-26-23(32-33-27)18-25(40-26)29(37)30-24(20-4-2-1-3-5-20)19-34-10-14-38-15-11-34/h1-9,18,24H,10-17,19H2,(H,30,37)(H2,31,32,33,36)/t24-/m1/s1. The lowest BCUT2D eigenvalue weighted by atomic mass is 10.1. The lowest BCUT2D eigenvalue weighted by molar-refractivity contribution is 0.0332. The highest BCUT2D eigenvalue weighted by molar-refractivity contribution is 7.21. The third-order valence-corrected chi connectivity index (χ3v) is 8.39. The fraction of sp³-hybridized carbons (Fsp3) is 0.345. The number of benzene rings is 2. The maximum atomic E-state index is 13.4. The first kappa shape index (κ1) is 26.5. The van der Waals surface area contributed by atoms with Crippen LogP contribution in [0.4, 0.5) is 11.5 Å². The number of morpholine rings is 2. The van der Waals surface area contributed by atoms with Crippen LogP contribution in [0.2, 0.25) is 0 Å². The zero-order valence-electron chi connectivity index (χ0n) is 22.1. The molecule has 0 saturated carbocycles. The molecule has 2 aromatic heterocycles. The van der Waals surface area contributed by atoms with Gasteiger partial charge >= 0.3 is 0 Å². The van der Waals surface area contributed by atoms with E-state index < -0.39 is 0 Å². The Hall–Kier alpha value is -3.77. The van der Waals surface area contributed by atoms with Gasteiger partial charge in [-0.2, -0.15) is 5.10 Å². The van der Waals surface area contributed by atoms with Gasteiger partial charge in [0, 0.05) is 44.0 Å². The summed E-state index contributed by atoms with van der Waals surface area (Å²) in [6, 6.07) is 19.2. The van der Waals surface area contributed by atoms with E-state index in [1.54, 1.807) is 6.07 Å². The molecular weight excluding hydrogens is 528 g/mol. The molecule has 4 heterocycles. The number of nitrogens with one attached hydrogen (secondary N) is 3. The number of carbonyl (C=O) groups excluding carboxylic acids is 2. The second-order valence-corrected chi connectivity index (χ2v) is 10.9. The predicted octanol–water partition coefficient (Wildman–Crippen LogP) is 3.52. The summed E-state index contributed by atoms with van der Waals surface area (Å²) in [5.74, 6) is -0.00194. The first-order valence-electron chi connectivity index (χ1n) is 13.5. The van der Waals surface area contributed by atoms with Crippen molar-refractivity contribution in [1.29, 1.82) is 0 Å². The molecule has 11 heteroatoms. The monoisotopic (exact) mass is 560 g/mol. The normalized spacial score (nSPS) is 17.1. The summed E-state index contributed by atoms with van der Waals surface area (Å²) in [5.41, 5.74) is 3.37. The number of anilines is 2. The first-order chi connectivity index (χ1) is 19.6. The summed E-state index contributed by atoms with van der Waals surface area (Å²) in [4.78, 5) is 31.5.